The Hall–Kier alpha value is -3.99. The topological polar surface area (TPSA) is 125 Å². The third-order valence-electron chi connectivity index (χ3n) is 6.69. The average molecular weight is 570 g/mol. The van der Waals surface area contributed by atoms with Crippen LogP contribution < -0.4 is 4.90 Å². The highest BCUT2D eigenvalue weighted by Crippen LogP contribution is 2.19. The van der Waals surface area contributed by atoms with Crippen LogP contribution in [0.5, 0.6) is 0 Å². The zero-order chi connectivity index (χ0) is 29.8. The summed E-state index contributed by atoms with van der Waals surface area (Å²) >= 11 is 0. The molecule has 3 atom stereocenters. The predicted molar refractivity (Wildman–Crippen MR) is 150 cm³/mol. The lowest BCUT2D eigenvalue weighted by Crippen LogP contribution is -2.50. The summed E-state index contributed by atoms with van der Waals surface area (Å²) in [5.41, 5.74) is 1.49. The van der Waals surface area contributed by atoms with Crippen molar-refractivity contribution >= 4 is 30.1 Å². The van der Waals surface area contributed by atoms with Crippen molar-refractivity contribution in [1.82, 2.24) is 9.88 Å². The number of pyridine rings is 1. The van der Waals surface area contributed by atoms with Crippen molar-refractivity contribution in [3.8, 4) is 0 Å². The van der Waals surface area contributed by atoms with Crippen molar-refractivity contribution in [1.29, 1.82) is 0 Å². The van der Waals surface area contributed by atoms with Crippen LogP contribution in [0.4, 0.5) is 5.82 Å². The summed E-state index contributed by atoms with van der Waals surface area (Å²) in [5, 5.41) is 0. The number of carbonyl (C=O) groups excluding carboxylic acids is 4. The molecule has 0 spiro atoms. The molecule has 222 valence electrons. The number of rotatable bonds is 14. The van der Waals surface area contributed by atoms with Gasteiger partial charge in [0.05, 0.1) is 13.2 Å². The van der Waals surface area contributed by atoms with Gasteiger partial charge in [-0.3, -0.25) is 9.59 Å². The van der Waals surface area contributed by atoms with E-state index in [1.54, 1.807) is 6.20 Å². The summed E-state index contributed by atoms with van der Waals surface area (Å²) < 4.78 is 21.2. The Balaban J connectivity index is 1.64. The standard InChI is InChI=1S/C30H39N3O8/c1-21(2)16-25(30(37)41-22(3)29(36)39-19-23-8-6-5-7-9-23)32(4)28(35)26(40-20-34)17-24-10-11-27(31-18-24)33-12-14-38-15-13-33/h5-11,18,20-22,25-26H,12-17,19H2,1-4H3/t22-,25+,26-/m1/s1. The monoisotopic (exact) mass is 569 g/mol. The molecule has 0 saturated carbocycles. The number of hydrogen-bond acceptors (Lipinski definition) is 10. The second-order valence-electron chi connectivity index (χ2n) is 10.3. The van der Waals surface area contributed by atoms with Crippen LogP contribution in [-0.4, -0.2) is 85.8 Å². The van der Waals surface area contributed by atoms with Gasteiger partial charge >= 0.3 is 11.9 Å². The molecule has 0 radical (unpaired) electrons. The largest absolute Gasteiger partial charge is 0.458 e. The van der Waals surface area contributed by atoms with E-state index in [1.807, 2.05) is 56.3 Å². The highest BCUT2D eigenvalue weighted by atomic mass is 16.6. The SMILES string of the molecule is CC(C)C[C@@H](C(=O)O[C@H](C)C(=O)OCc1ccccc1)N(C)C(=O)[C@@H](Cc1ccc(N2CCOCC2)nc1)OC=O. The molecule has 0 aliphatic carbocycles. The van der Waals surface area contributed by atoms with Crippen molar-refractivity contribution in [2.45, 2.75) is 58.5 Å². The van der Waals surface area contributed by atoms with Gasteiger partial charge in [0.15, 0.2) is 12.2 Å². The molecule has 1 amide bonds. The second kappa shape index (κ2) is 15.7. The quantitative estimate of drug-likeness (QED) is 0.190. The smallest absolute Gasteiger partial charge is 0.347 e. The maximum absolute atomic E-state index is 13.5. The molecule has 1 saturated heterocycles. The third kappa shape index (κ3) is 9.56. The minimum absolute atomic E-state index is 0.0190. The molecule has 1 aliphatic rings. The maximum Gasteiger partial charge on any atom is 0.347 e. The van der Waals surface area contributed by atoms with Gasteiger partial charge in [0.25, 0.3) is 12.4 Å². The molecule has 0 unspecified atom stereocenters. The van der Waals surface area contributed by atoms with E-state index in [0.717, 1.165) is 24.5 Å². The van der Waals surface area contributed by atoms with E-state index >= 15 is 0 Å². The number of benzene rings is 1. The highest BCUT2D eigenvalue weighted by molar-refractivity contribution is 5.88. The van der Waals surface area contributed by atoms with E-state index in [2.05, 4.69) is 9.88 Å². The zero-order valence-electron chi connectivity index (χ0n) is 24.1. The summed E-state index contributed by atoms with van der Waals surface area (Å²) in [6.07, 6.45) is -0.367. The molecule has 2 aromatic rings. The number of likely N-dealkylation sites (N-methyl/N-ethyl adjacent to an activating group) is 1. The molecular formula is C30H39N3O8. The number of anilines is 1. The van der Waals surface area contributed by atoms with Crippen LogP contribution in [-0.2, 0) is 51.2 Å². The number of carbonyl (C=O) groups is 4. The van der Waals surface area contributed by atoms with Crippen LogP contribution in [0, 0.1) is 5.92 Å². The summed E-state index contributed by atoms with van der Waals surface area (Å²) in [6.45, 7) is 8.22. The van der Waals surface area contributed by atoms with Gasteiger partial charge in [-0.2, -0.15) is 0 Å². The Morgan fingerprint density at radius 3 is 2.34 bits per heavy atom. The fraction of sp³-hybridized carbons (Fsp3) is 0.500. The van der Waals surface area contributed by atoms with E-state index in [9.17, 15) is 19.2 Å². The van der Waals surface area contributed by atoms with E-state index in [0.29, 0.717) is 18.8 Å². The molecule has 3 rings (SSSR count). The first-order valence-corrected chi connectivity index (χ1v) is 13.7. The van der Waals surface area contributed by atoms with Gasteiger partial charge in [0.1, 0.15) is 18.5 Å². The lowest BCUT2D eigenvalue weighted by atomic mass is 10.0. The van der Waals surface area contributed by atoms with Gasteiger partial charge in [-0.1, -0.05) is 50.2 Å². The fourth-order valence-electron chi connectivity index (χ4n) is 4.38. The Morgan fingerprint density at radius 2 is 1.73 bits per heavy atom. The lowest BCUT2D eigenvalue weighted by Gasteiger charge is -2.31. The minimum atomic E-state index is -1.18. The Bertz CT molecular complexity index is 1140. The molecule has 41 heavy (non-hydrogen) atoms. The highest BCUT2D eigenvalue weighted by Gasteiger charge is 2.35. The first-order valence-electron chi connectivity index (χ1n) is 13.7. The number of morpholine rings is 1. The maximum atomic E-state index is 13.5. The van der Waals surface area contributed by atoms with Crippen molar-refractivity contribution in [3.63, 3.8) is 0 Å². The van der Waals surface area contributed by atoms with Gasteiger partial charge in [-0.25, -0.2) is 14.6 Å². The molecule has 11 nitrogen and oxygen atoms in total. The molecule has 11 heteroatoms. The number of ether oxygens (including phenoxy) is 4. The van der Waals surface area contributed by atoms with Crippen LogP contribution in [0.2, 0.25) is 0 Å². The van der Waals surface area contributed by atoms with Crippen molar-refractivity contribution in [2.75, 3.05) is 38.3 Å². The zero-order valence-corrected chi connectivity index (χ0v) is 24.1. The molecule has 2 heterocycles. The van der Waals surface area contributed by atoms with E-state index in [4.69, 9.17) is 18.9 Å². The van der Waals surface area contributed by atoms with Crippen LogP contribution in [0.1, 0.15) is 38.3 Å². The Labute approximate surface area is 240 Å². The predicted octanol–water partition coefficient (Wildman–Crippen LogP) is 2.55. The average Bonchev–Trinajstić information content (AvgIpc) is 2.98. The molecule has 1 aromatic carbocycles. The normalized spacial score (nSPS) is 15.4. The van der Waals surface area contributed by atoms with E-state index in [-0.39, 0.29) is 31.8 Å². The Morgan fingerprint density at radius 1 is 1.02 bits per heavy atom. The van der Waals surface area contributed by atoms with Crippen molar-refractivity contribution in [3.05, 3.63) is 59.8 Å². The molecule has 0 N–H and O–H groups in total. The number of hydrogen-bond donors (Lipinski definition) is 0. The third-order valence-corrected chi connectivity index (χ3v) is 6.69. The molecule has 0 bridgehead atoms. The van der Waals surface area contributed by atoms with Crippen LogP contribution in [0.25, 0.3) is 0 Å². The lowest BCUT2D eigenvalue weighted by molar-refractivity contribution is -0.173. The van der Waals surface area contributed by atoms with Gasteiger partial charge in [0.2, 0.25) is 0 Å². The Kier molecular flexibility index (Phi) is 12.1. The van der Waals surface area contributed by atoms with E-state index < -0.39 is 36.1 Å². The summed E-state index contributed by atoms with van der Waals surface area (Å²) in [6, 6.07) is 11.8. The van der Waals surface area contributed by atoms with Crippen molar-refractivity contribution < 1.29 is 38.1 Å². The second-order valence-corrected chi connectivity index (χ2v) is 10.3. The molecule has 1 fully saturated rings. The first-order chi connectivity index (χ1) is 19.7. The number of aromatic nitrogens is 1. The van der Waals surface area contributed by atoms with Crippen LogP contribution in [0.3, 0.4) is 0 Å². The number of esters is 2. The first kappa shape index (κ1) is 31.5. The van der Waals surface area contributed by atoms with E-state index in [1.165, 1.54) is 18.9 Å². The van der Waals surface area contributed by atoms with Gasteiger partial charge < -0.3 is 28.7 Å². The fourth-order valence-corrected chi connectivity index (χ4v) is 4.38. The molecule has 1 aliphatic heterocycles. The number of amides is 1. The number of nitrogens with zero attached hydrogens (tertiary/aromatic N) is 3. The minimum Gasteiger partial charge on any atom is -0.458 e. The molecular weight excluding hydrogens is 530 g/mol. The summed E-state index contributed by atoms with van der Waals surface area (Å²) in [4.78, 5) is 58.2. The molecule has 1 aromatic heterocycles. The summed E-state index contributed by atoms with van der Waals surface area (Å²) in [5.74, 6) is -1.21. The summed E-state index contributed by atoms with van der Waals surface area (Å²) in [7, 11) is 1.45. The van der Waals surface area contributed by atoms with Gasteiger partial charge in [0, 0.05) is 32.8 Å². The van der Waals surface area contributed by atoms with Crippen molar-refractivity contribution in [2.24, 2.45) is 5.92 Å². The van der Waals surface area contributed by atoms with Crippen LogP contribution in [0.15, 0.2) is 48.7 Å². The van der Waals surface area contributed by atoms with Gasteiger partial charge in [-0.15, -0.1) is 0 Å². The van der Waals surface area contributed by atoms with Gasteiger partial charge in [-0.05, 0) is 36.5 Å². The van der Waals surface area contributed by atoms with Crippen LogP contribution >= 0.6 is 0 Å².